The summed E-state index contributed by atoms with van der Waals surface area (Å²) < 4.78 is 16.1. The average molecular weight is 194 g/mol. The molecule has 0 fully saturated rings. The Morgan fingerprint density at radius 1 is 0.917 bits per heavy atom. The van der Waals surface area contributed by atoms with Gasteiger partial charge in [-0.3, -0.25) is 0 Å². The van der Waals surface area contributed by atoms with Crippen molar-refractivity contribution in [3.8, 4) is 0 Å². The van der Waals surface area contributed by atoms with E-state index in [0.717, 1.165) is 0 Å². The molecule has 0 rings (SSSR count). The molecule has 0 unspecified atom stereocenters. The first kappa shape index (κ1) is 12.2. The highest BCUT2D eigenvalue weighted by Gasteiger charge is 2.31. The van der Waals surface area contributed by atoms with Gasteiger partial charge in [-0.2, -0.15) is 0 Å². The first-order valence-corrected chi connectivity index (χ1v) is 5.44. The Morgan fingerprint density at radius 3 is 1.42 bits per heavy atom. The van der Waals surface area contributed by atoms with Gasteiger partial charge in [0, 0.05) is 0 Å². The van der Waals surface area contributed by atoms with E-state index in [-0.39, 0.29) is 0 Å². The van der Waals surface area contributed by atoms with Crippen LogP contribution in [0.5, 0.6) is 0 Å². The van der Waals surface area contributed by atoms with Gasteiger partial charge in [-0.15, -0.1) is 0 Å². The van der Waals surface area contributed by atoms with E-state index in [1.807, 2.05) is 27.0 Å². The van der Waals surface area contributed by atoms with Gasteiger partial charge in [-0.05, 0) is 27.0 Å². The maximum Gasteiger partial charge on any atom is 0.337 e. The molecule has 3 nitrogen and oxygen atoms in total. The minimum Gasteiger partial charge on any atom is -0.319 e. The Hall–Kier alpha value is 0.230. The molecule has 0 aliphatic heterocycles. The van der Waals surface area contributed by atoms with Gasteiger partial charge >= 0.3 is 5.31 Å². The molecule has 0 aromatic heterocycles. The maximum atomic E-state index is 5.38. The standard InChI is InChI=1S/C8H18O3S/c1-5-9-8(12-4,10-6-2)11-7-3/h5-7H2,1-4H3. The fraction of sp³-hybridized carbons (Fsp3) is 1.00. The van der Waals surface area contributed by atoms with Crippen LogP contribution in [-0.4, -0.2) is 31.4 Å². The van der Waals surface area contributed by atoms with Crippen molar-refractivity contribution < 1.29 is 14.2 Å². The first-order chi connectivity index (χ1) is 5.74. The lowest BCUT2D eigenvalue weighted by atomic mass is 10.8. The Bertz CT molecular complexity index is 91.5. The van der Waals surface area contributed by atoms with Gasteiger partial charge in [0.25, 0.3) is 0 Å². The summed E-state index contributed by atoms with van der Waals surface area (Å²) in [6.45, 7) is 7.51. The molecule has 12 heavy (non-hydrogen) atoms. The second-order valence-electron chi connectivity index (χ2n) is 2.00. The fourth-order valence-electron chi connectivity index (χ4n) is 0.832. The second-order valence-corrected chi connectivity index (χ2v) is 2.91. The summed E-state index contributed by atoms with van der Waals surface area (Å²) >= 11 is 1.42. The molecule has 0 aromatic rings. The second kappa shape index (κ2) is 6.71. The number of thioether (sulfide) groups is 1. The van der Waals surface area contributed by atoms with E-state index in [2.05, 4.69) is 0 Å². The van der Waals surface area contributed by atoms with Crippen molar-refractivity contribution in [1.29, 1.82) is 0 Å². The van der Waals surface area contributed by atoms with Crippen molar-refractivity contribution in [1.82, 2.24) is 0 Å². The zero-order valence-corrected chi connectivity index (χ0v) is 9.07. The molecule has 0 aliphatic carbocycles. The molecule has 0 N–H and O–H groups in total. The molecule has 0 bridgehead atoms. The smallest absolute Gasteiger partial charge is 0.319 e. The molecule has 0 amide bonds. The molecule has 0 aliphatic rings. The van der Waals surface area contributed by atoms with Crippen molar-refractivity contribution >= 4 is 11.8 Å². The van der Waals surface area contributed by atoms with Crippen LogP contribution in [0.4, 0.5) is 0 Å². The van der Waals surface area contributed by atoms with E-state index in [9.17, 15) is 0 Å². The first-order valence-electron chi connectivity index (χ1n) is 4.21. The van der Waals surface area contributed by atoms with Crippen molar-refractivity contribution in [3.05, 3.63) is 0 Å². The summed E-state index contributed by atoms with van der Waals surface area (Å²) in [5.41, 5.74) is 0. The number of rotatable bonds is 7. The minimum atomic E-state index is -0.891. The van der Waals surface area contributed by atoms with E-state index in [0.29, 0.717) is 19.8 Å². The van der Waals surface area contributed by atoms with Crippen LogP contribution in [0.15, 0.2) is 0 Å². The Kier molecular flexibility index (Phi) is 6.84. The molecule has 0 atom stereocenters. The van der Waals surface area contributed by atoms with Crippen LogP contribution in [0.1, 0.15) is 20.8 Å². The lowest BCUT2D eigenvalue weighted by Crippen LogP contribution is -2.35. The van der Waals surface area contributed by atoms with Gasteiger partial charge in [0.1, 0.15) is 0 Å². The van der Waals surface area contributed by atoms with E-state index in [1.165, 1.54) is 11.8 Å². The summed E-state index contributed by atoms with van der Waals surface area (Å²) in [5, 5.41) is -0.891. The molecule has 0 saturated heterocycles. The summed E-state index contributed by atoms with van der Waals surface area (Å²) in [6, 6.07) is 0. The molecular weight excluding hydrogens is 176 g/mol. The monoisotopic (exact) mass is 194 g/mol. The third-order valence-electron chi connectivity index (χ3n) is 1.21. The van der Waals surface area contributed by atoms with Gasteiger partial charge in [-0.25, -0.2) is 0 Å². The lowest BCUT2D eigenvalue weighted by molar-refractivity contribution is -0.312. The summed E-state index contributed by atoms with van der Waals surface area (Å²) in [6.07, 6.45) is 1.90. The third-order valence-corrected chi connectivity index (χ3v) is 2.07. The van der Waals surface area contributed by atoms with Crippen LogP contribution >= 0.6 is 11.8 Å². The Morgan fingerprint density at radius 2 is 1.25 bits per heavy atom. The number of hydrogen-bond acceptors (Lipinski definition) is 4. The van der Waals surface area contributed by atoms with Gasteiger partial charge in [-0.1, -0.05) is 11.8 Å². The number of ether oxygens (including phenoxy) is 3. The van der Waals surface area contributed by atoms with Crippen molar-refractivity contribution in [3.63, 3.8) is 0 Å². The maximum absolute atomic E-state index is 5.38. The quantitative estimate of drug-likeness (QED) is 0.580. The van der Waals surface area contributed by atoms with Crippen LogP contribution in [0, 0.1) is 0 Å². The molecule has 0 spiro atoms. The van der Waals surface area contributed by atoms with Gasteiger partial charge in [0.2, 0.25) is 0 Å². The van der Waals surface area contributed by atoms with Gasteiger partial charge in [0.15, 0.2) is 0 Å². The molecule has 0 aromatic carbocycles. The largest absolute Gasteiger partial charge is 0.337 e. The van der Waals surface area contributed by atoms with E-state index in [1.54, 1.807) is 0 Å². The lowest BCUT2D eigenvalue weighted by Gasteiger charge is -2.29. The molecule has 0 saturated carbocycles. The van der Waals surface area contributed by atoms with Crippen LogP contribution in [-0.2, 0) is 14.2 Å². The molecule has 0 radical (unpaired) electrons. The van der Waals surface area contributed by atoms with Gasteiger partial charge < -0.3 is 14.2 Å². The Labute approximate surface area is 78.8 Å². The fourth-order valence-corrected chi connectivity index (χ4v) is 1.54. The highest BCUT2D eigenvalue weighted by molar-refractivity contribution is 7.99. The summed E-state index contributed by atoms with van der Waals surface area (Å²) in [5.74, 6) is 0. The molecule has 4 heteroatoms. The van der Waals surface area contributed by atoms with E-state index < -0.39 is 5.31 Å². The number of hydrogen-bond donors (Lipinski definition) is 0. The third kappa shape index (κ3) is 3.76. The Balaban J connectivity index is 4.06. The SMILES string of the molecule is CCOC(OCC)(OCC)SC. The zero-order chi connectivity index (χ0) is 9.45. The van der Waals surface area contributed by atoms with Crippen molar-refractivity contribution in [2.75, 3.05) is 26.1 Å². The molecule has 74 valence electrons. The zero-order valence-electron chi connectivity index (χ0n) is 8.25. The van der Waals surface area contributed by atoms with Crippen molar-refractivity contribution in [2.24, 2.45) is 0 Å². The van der Waals surface area contributed by atoms with E-state index in [4.69, 9.17) is 14.2 Å². The molecule has 0 heterocycles. The highest BCUT2D eigenvalue weighted by atomic mass is 32.2. The normalized spacial score (nSPS) is 12.0. The predicted octanol–water partition coefficient (Wildman–Crippen LogP) is 2.07. The van der Waals surface area contributed by atoms with Gasteiger partial charge in [0.05, 0.1) is 19.8 Å². The van der Waals surface area contributed by atoms with Crippen LogP contribution < -0.4 is 0 Å². The molecular formula is C8H18O3S. The average Bonchev–Trinajstić information content (AvgIpc) is 2.06. The van der Waals surface area contributed by atoms with Crippen molar-refractivity contribution in [2.45, 2.75) is 26.1 Å². The predicted molar refractivity (Wildman–Crippen MR) is 51.1 cm³/mol. The summed E-state index contributed by atoms with van der Waals surface area (Å²) in [7, 11) is 0. The topological polar surface area (TPSA) is 27.7 Å². The van der Waals surface area contributed by atoms with E-state index >= 15 is 0 Å². The van der Waals surface area contributed by atoms with Crippen LogP contribution in [0.3, 0.4) is 0 Å². The summed E-state index contributed by atoms with van der Waals surface area (Å²) in [4.78, 5) is 0. The highest BCUT2D eigenvalue weighted by Crippen LogP contribution is 2.27. The van der Waals surface area contributed by atoms with Crippen LogP contribution in [0.25, 0.3) is 0 Å². The minimum absolute atomic E-state index is 0.584. The van der Waals surface area contributed by atoms with Crippen LogP contribution in [0.2, 0.25) is 0 Å².